The highest BCUT2D eigenvalue weighted by atomic mass is 19.1. The molecule has 0 unspecified atom stereocenters. The van der Waals surface area contributed by atoms with E-state index in [9.17, 15) is 4.39 Å². The van der Waals surface area contributed by atoms with Gasteiger partial charge in [-0.15, -0.1) is 0 Å². The number of halogens is 1. The average molecular weight is 209 g/mol. The maximum Gasteiger partial charge on any atom is 0.187 e. The van der Waals surface area contributed by atoms with E-state index >= 15 is 0 Å². The third-order valence-electron chi connectivity index (χ3n) is 3.70. The van der Waals surface area contributed by atoms with Crippen LogP contribution in [0.15, 0.2) is 0 Å². The molecule has 3 rings (SSSR count). The molecule has 0 saturated heterocycles. The average Bonchev–Trinajstić information content (AvgIpc) is 3.11. The van der Waals surface area contributed by atoms with E-state index in [1.165, 1.54) is 25.7 Å². The molecule has 3 N–H and O–H groups in total. The normalized spacial score (nSPS) is 21.2. The van der Waals surface area contributed by atoms with Crippen molar-refractivity contribution in [2.24, 2.45) is 17.8 Å². The fraction of sp³-hybridized carbons (Fsp3) is 0.727. The number of H-pyrrole nitrogens is 1. The molecule has 4 heteroatoms. The van der Waals surface area contributed by atoms with Crippen molar-refractivity contribution in [1.82, 2.24) is 10.2 Å². The van der Waals surface area contributed by atoms with Crippen molar-refractivity contribution < 1.29 is 4.39 Å². The topological polar surface area (TPSA) is 54.7 Å². The second-order valence-electron chi connectivity index (χ2n) is 4.94. The molecular weight excluding hydrogens is 193 g/mol. The van der Waals surface area contributed by atoms with E-state index in [0.29, 0.717) is 11.6 Å². The van der Waals surface area contributed by atoms with E-state index in [2.05, 4.69) is 10.2 Å². The lowest BCUT2D eigenvalue weighted by atomic mass is 9.92. The maximum absolute atomic E-state index is 13.5. The quantitative estimate of drug-likeness (QED) is 0.798. The number of rotatable bonds is 4. The van der Waals surface area contributed by atoms with Crippen molar-refractivity contribution in [3.63, 3.8) is 0 Å². The number of aromatic nitrogens is 2. The number of nitrogen functional groups attached to an aromatic ring is 1. The summed E-state index contributed by atoms with van der Waals surface area (Å²) in [4.78, 5) is 0. The highest BCUT2D eigenvalue weighted by Crippen LogP contribution is 2.50. The van der Waals surface area contributed by atoms with E-state index in [1.807, 2.05) is 0 Å². The summed E-state index contributed by atoms with van der Waals surface area (Å²) in [7, 11) is 0. The number of hydrogen-bond donors (Lipinski definition) is 2. The highest BCUT2D eigenvalue weighted by molar-refractivity contribution is 5.31. The smallest absolute Gasteiger partial charge is 0.187 e. The molecule has 0 amide bonds. The standard InChI is InChI=1S/C11H16FN3/c12-10-9(14-15-11(10)13)5-8(6-1-2-6)7-3-4-7/h6-8H,1-5H2,(H3,13,14,15). The Morgan fingerprint density at radius 3 is 2.33 bits per heavy atom. The van der Waals surface area contributed by atoms with Crippen molar-refractivity contribution in [2.45, 2.75) is 32.1 Å². The first-order valence-electron chi connectivity index (χ1n) is 5.74. The summed E-state index contributed by atoms with van der Waals surface area (Å²) in [6, 6.07) is 0. The molecular formula is C11H16FN3. The van der Waals surface area contributed by atoms with Gasteiger partial charge in [0.05, 0.1) is 5.69 Å². The van der Waals surface area contributed by atoms with Gasteiger partial charge in [0.25, 0.3) is 0 Å². The molecule has 0 atom stereocenters. The fourth-order valence-corrected chi connectivity index (χ4v) is 2.52. The second-order valence-corrected chi connectivity index (χ2v) is 4.94. The Bertz CT molecular complexity index is 354. The summed E-state index contributed by atoms with van der Waals surface area (Å²) in [6.45, 7) is 0. The molecule has 0 radical (unpaired) electrons. The molecule has 0 aromatic carbocycles. The molecule has 2 aliphatic rings. The summed E-state index contributed by atoms with van der Waals surface area (Å²) in [5, 5.41) is 6.43. The minimum absolute atomic E-state index is 0.00958. The second kappa shape index (κ2) is 3.22. The van der Waals surface area contributed by atoms with Gasteiger partial charge in [-0.25, -0.2) is 4.39 Å². The predicted molar refractivity (Wildman–Crippen MR) is 55.6 cm³/mol. The van der Waals surface area contributed by atoms with Gasteiger partial charge in [0.2, 0.25) is 0 Å². The first-order chi connectivity index (χ1) is 7.25. The number of nitrogens with one attached hydrogen (secondary N) is 1. The summed E-state index contributed by atoms with van der Waals surface area (Å²) in [6.07, 6.45) is 6.10. The van der Waals surface area contributed by atoms with Gasteiger partial charge >= 0.3 is 0 Å². The molecule has 0 aliphatic heterocycles. The maximum atomic E-state index is 13.5. The van der Waals surface area contributed by atoms with Gasteiger partial charge in [0, 0.05) is 0 Å². The van der Waals surface area contributed by atoms with E-state index in [-0.39, 0.29) is 11.6 Å². The molecule has 2 fully saturated rings. The zero-order valence-corrected chi connectivity index (χ0v) is 8.67. The van der Waals surface area contributed by atoms with Crippen LogP contribution in [-0.2, 0) is 6.42 Å². The van der Waals surface area contributed by atoms with Crippen molar-refractivity contribution in [2.75, 3.05) is 5.73 Å². The molecule has 2 aliphatic carbocycles. The van der Waals surface area contributed by atoms with Crippen LogP contribution in [0, 0.1) is 23.6 Å². The van der Waals surface area contributed by atoms with Crippen molar-refractivity contribution in [3.05, 3.63) is 11.5 Å². The van der Waals surface area contributed by atoms with Gasteiger partial charge in [0.15, 0.2) is 11.6 Å². The summed E-state index contributed by atoms with van der Waals surface area (Å²) in [5.41, 5.74) is 5.99. The summed E-state index contributed by atoms with van der Waals surface area (Å²) < 4.78 is 13.5. The lowest BCUT2D eigenvalue weighted by Gasteiger charge is -2.13. The molecule has 82 valence electrons. The molecule has 2 saturated carbocycles. The Morgan fingerprint density at radius 2 is 1.93 bits per heavy atom. The van der Waals surface area contributed by atoms with Crippen LogP contribution >= 0.6 is 0 Å². The zero-order chi connectivity index (χ0) is 10.4. The van der Waals surface area contributed by atoms with Crippen LogP contribution in [0.5, 0.6) is 0 Å². The van der Waals surface area contributed by atoms with Gasteiger partial charge in [-0.05, 0) is 49.9 Å². The van der Waals surface area contributed by atoms with E-state index in [4.69, 9.17) is 5.73 Å². The number of aromatic amines is 1. The first kappa shape index (κ1) is 9.19. The molecule has 3 nitrogen and oxygen atoms in total. The summed E-state index contributed by atoms with van der Waals surface area (Å²) in [5.74, 6) is 2.01. The van der Waals surface area contributed by atoms with Crippen molar-refractivity contribution in [1.29, 1.82) is 0 Å². The van der Waals surface area contributed by atoms with Gasteiger partial charge in [-0.2, -0.15) is 5.10 Å². The van der Waals surface area contributed by atoms with Crippen LogP contribution in [0.4, 0.5) is 10.2 Å². The molecule has 15 heavy (non-hydrogen) atoms. The minimum Gasteiger partial charge on any atom is -0.380 e. The molecule has 0 bridgehead atoms. The molecule has 1 aromatic rings. The largest absolute Gasteiger partial charge is 0.380 e. The van der Waals surface area contributed by atoms with E-state index in [1.54, 1.807) is 0 Å². The number of nitrogens with zero attached hydrogens (tertiary/aromatic N) is 1. The van der Waals surface area contributed by atoms with E-state index < -0.39 is 0 Å². The van der Waals surface area contributed by atoms with Crippen LogP contribution in [-0.4, -0.2) is 10.2 Å². The van der Waals surface area contributed by atoms with Crippen LogP contribution in [0.3, 0.4) is 0 Å². The Hall–Kier alpha value is -1.06. The summed E-state index contributed by atoms with van der Waals surface area (Å²) >= 11 is 0. The van der Waals surface area contributed by atoms with Crippen LogP contribution in [0.25, 0.3) is 0 Å². The van der Waals surface area contributed by atoms with Gasteiger partial charge < -0.3 is 5.73 Å². The SMILES string of the molecule is Nc1n[nH]c(CC(C2CC2)C2CC2)c1F. The monoisotopic (exact) mass is 209 g/mol. The fourth-order valence-electron chi connectivity index (χ4n) is 2.52. The lowest BCUT2D eigenvalue weighted by Crippen LogP contribution is -2.10. The number of nitrogens with two attached hydrogens (primary N) is 1. The van der Waals surface area contributed by atoms with Crippen molar-refractivity contribution in [3.8, 4) is 0 Å². The Morgan fingerprint density at radius 1 is 1.33 bits per heavy atom. The van der Waals surface area contributed by atoms with Gasteiger partial charge in [-0.1, -0.05) is 0 Å². The van der Waals surface area contributed by atoms with Crippen LogP contribution in [0.1, 0.15) is 31.4 Å². The Balaban J connectivity index is 1.74. The molecule has 0 spiro atoms. The lowest BCUT2D eigenvalue weighted by molar-refractivity contribution is 0.393. The van der Waals surface area contributed by atoms with Crippen molar-refractivity contribution >= 4 is 5.82 Å². The molecule has 1 heterocycles. The molecule has 1 aromatic heterocycles. The number of hydrogen-bond acceptors (Lipinski definition) is 2. The predicted octanol–water partition coefficient (Wildman–Crippen LogP) is 2.11. The third kappa shape index (κ3) is 1.73. The Kier molecular flexibility index (Phi) is 1.97. The number of anilines is 1. The highest BCUT2D eigenvalue weighted by Gasteiger charge is 2.41. The zero-order valence-electron chi connectivity index (χ0n) is 8.67. The van der Waals surface area contributed by atoms with Gasteiger partial charge in [0.1, 0.15) is 0 Å². The third-order valence-corrected chi connectivity index (χ3v) is 3.70. The van der Waals surface area contributed by atoms with E-state index in [0.717, 1.165) is 18.3 Å². The van der Waals surface area contributed by atoms with Gasteiger partial charge in [-0.3, -0.25) is 5.10 Å². The van der Waals surface area contributed by atoms with Crippen LogP contribution < -0.4 is 5.73 Å². The Labute approximate surface area is 88.2 Å². The first-order valence-corrected chi connectivity index (χ1v) is 5.74. The minimum atomic E-state index is -0.332. The van der Waals surface area contributed by atoms with Crippen LogP contribution in [0.2, 0.25) is 0 Å².